The van der Waals surface area contributed by atoms with Gasteiger partial charge in [0.2, 0.25) is 0 Å². The average molecular weight is 215 g/mol. The molecule has 0 aromatic rings. The van der Waals surface area contributed by atoms with Gasteiger partial charge in [-0.1, -0.05) is 0 Å². The van der Waals surface area contributed by atoms with Crippen molar-refractivity contribution in [3.63, 3.8) is 0 Å². The zero-order chi connectivity index (χ0) is 11.3. The molecule has 0 aromatic carbocycles. The molecule has 15 heavy (non-hydrogen) atoms. The molecule has 1 N–H and O–H groups in total. The number of rotatable bonds is 8. The average Bonchev–Trinajstić information content (AvgIpc) is 2.95. The van der Waals surface area contributed by atoms with Crippen LogP contribution in [0.5, 0.6) is 0 Å². The second-order valence-corrected chi connectivity index (χ2v) is 4.97. The van der Waals surface area contributed by atoms with E-state index >= 15 is 0 Å². The minimum atomic E-state index is -0.0738. The van der Waals surface area contributed by atoms with Crippen LogP contribution >= 0.6 is 0 Å². The van der Waals surface area contributed by atoms with Crippen molar-refractivity contribution in [2.75, 3.05) is 26.9 Å². The molecular formula is C12H25NO2. The first-order valence-corrected chi connectivity index (χ1v) is 5.95. The van der Waals surface area contributed by atoms with Gasteiger partial charge in [-0.15, -0.1) is 0 Å². The molecule has 1 atom stereocenters. The van der Waals surface area contributed by atoms with Crippen LogP contribution < -0.4 is 5.32 Å². The van der Waals surface area contributed by atoms with Gasteiger partial charge in [0.05, 0.1) is 12.2 Å². The maximum Gasteiger partial charge on any atom is 0.0750 e. The lowest BCUT2D eigenvalue weighted by molar-refractivity contribution is -0.0129. The Labute approximate surface area is 93.5 Å². The van der Waals surface area contributed by atoms with Crippen LogP contribution in [-0.2, 0) is 9.47 Å². The molecule has 0 amide bonds. The monoisotopic (exact) mass is 215 g/mol. The highest BCUT2D eigenvalue weighted by Crippen LogP contribution is 2.32. The lowest BCUT2D eigenvalue weighted by Crippen LogP contribution is -2.45. The van der Waals surface area contributed by atoms with E-state index in [1.807, 2.05) is 6.92 Å². The van der Waals surface area contributed by atoms with Gasteiger partial charge < -0.3 is 14.8 Å². The molecule has 1 unspecified atom stereocenters. The van der Waals surface area contributed by atoms with Crippen molar-refractivity contribution in [3.8, 4) is 0 Å². The Morgan fingerprint density at radius 2 is 2.07 bits per heavy atom. The Morgan fingerprint density at radius 3 is 2.53 bits per heavy atom. The highest BCUT2D eigenvalue weighted by atomic mass is 16.5. The molecule has 0 aliphatic heterocycles. The van der Waals surface area contributed by atoms with Gasteiger partial charge in [-0.25, -0.2) is 0 Å². The Bertz CT molecular complexity index is 178. The summed E-state index contributed by atoms with van der Waals surface area (Å²) in [5.41, 5.74) is -0.0738. The van der Waals surface area contributed by atoms with E-state index in [1.165, 1.54) is 12.8 Å². The number of hydrogen-bond acceptors (Lipinski definition) is 3. The summed E-state index contributed by atoms with van der Waals surface area (Å²) in [6.07, 6.45) is 2.69. The van der Waals surface area contributed by atoms with E-state index in [9.17, 15) is 0 Å². The molecule has 90 valence electrons. The van der Waals surface area contributed by atoms with Gasteiger partial charge in [0, 0.05) is 26.3 Å². The SMILES string of the molecule is CCOC(C)(C)CNC(COC)C1CC1. The lowest BCUT2D eigenvalue weighted by atomic mass is 10.1. The van der Waals surface area contributed by atoms with Crippen LogP contribution in [0.4, 0.5) is 0 Å². The molecule has 3 nitrogen and oxygen atoms in total. The van der Waals surface area contributed by atoms with Gasteiger partial charge in [0.15, 0.2) is 0 Å². The maximum atomic E-state index is 5.65. The molecule has 0 spiro atoms. The summed E-state index contributed by atoms with van der Waals surface area (Å²) in [7, 11) is 1.77. The molecule has 0 heterocycles. The van der Waals surface area contributed by atoms with E-state index < -0.39 is 0 Å². The van der Waals surface area contributed by atoms with Crippen LogP contribution in [0.1, 0.15) is 33.6 Å². The van der Waals surface area contributed by atoms with Crippen molar-refractivity contribution >= 4 is 0 Å². The predicted octanol–water partition coefficient (Wildman–Crippen LogP) is 1.82. The second-order valence-electron chi connectivity index (χ2n) is 4.97. The van der Waals surface area contributed by atoms with Crippen LogP contribution in [0.2, 0.25) is 0 Å². The lowest BCUT2D eigenvalue weighted by Gasteiger charge is -2.28. The topological polar surface area (TPSA) is 30.5 Å². The van der Waals surface area contributed by atoms with Crippen LogP contribution in [0.15, 0.2) is 0 Å². The smallest absolute Gasteiger partial charge is 0.0750 e. The fraction of sp³-hybridized carbons (Fsp3) is 1.00. The second kappa shape index (κ2) is 5.83. The Kier molecular flexibility index (Phi) is 5.03. The molecule has 0 radical (unpaired) electrons. The number of hydrogen-bond donors (Lipinski definition) is 1. The van der Waals surface area contributed by atoms with Gasteiger partial charge in [0.25, 0.3) is 0 Å². The summed E-state index contributed by atoms with van der Waals surface area (Å²) in [5.74, 6) is 0.822. The molecule has 1 aliphatic rings. The van der Waals surface area contributed by atoms with Crippen LogP contribution in [0.3, 0.4) is 0 Å². The van der Waals surface area contributed by atoms with E-state index in [4.69, 9.17) is 9.47 Å². The summed E-state index contributed by atoms with van der Waals surface area (Å²) in [6, 6.07) is 0.509. The van der Waals surface area contributed by atoms with E-state index in [0.29, 0.717) is 6.04 Å². The maximum absolute atomic E-state index is 5.65. The number of ether oxygens (including phenoxy) is 2. The molecule has 0 aromatic heterocycles. The first kappa shape index (κ1) is 12.9. The molecule has 0 saturated heterocycles. The summed E-state index contributed by atoms with van der Waals surface area (Å²) >= 11 is 0. The van der Waals surface area contributed by atoms with Crippen molar-refractivity contribution < 1.29 is 9.47 Å². The summed E-state index contributed by atoms with van der Waals surface area (Å²) in [6.45, 7) is 8.76. The highest BCUT2D eigenvalue weighted by molar-refractivity contribution is 4.88. The Hall–Kier alpha value is -0.120. The molecule has 1 rings (SSSR count). The molecule has 3 heteroatoms. The minimum absolute atomic E-state index is 0.0738. The van der Waals surface area contributed by atoms with Crippen LogP contribution in [0, 0.1) is 5.92 Å². The van der Waals surface area contributed by atoms with Crippen LogP contribution in [-0.4, -0.2) is 38.5 Å². The minimum Gasteiger partial charge on any atom is -0.383 e. The summed E-state index contributed by atoms with van der Waals surface area (Å²) in [5, 5.41) is 3.56. The van der Waals surface area contributed by atoms with E-state index in [1.54, 1.807) is 7.11 Å². The van der Waals surface area contributed by atoms with Crippen LogP contribution in [0.25, 0.3) is 0 Å². The summed E-state index contributed by atoms with van der Waals surface area (Å²) < 4.78 is 10.9. The summed E-state index contributed by atoms with van der Waals surface area (Å²) in [4.78, 5) is 0. The first-order valence-electron chi connectivity index (χ1n) is 5.95. The third-order valence-electron chi connectivity index (χ3n) is 2.86. The third kappa shape index (κ3) is 4.96. The third-order valence-corrected chi connectivity index (χ3v) is 2.86. The van der Waals surface area contributed by atoms with E-state index in [2.05, 4.69) is 19.2 Å². The molecule has 1 fully saturated rings. The normalized spacial score (nSPS) is 19.2. The fourth-order valence-corrected chi connectivity index (χ4v) is 1.86. The standard InChI is InChI=1S/C12H25NO2/c1-5-15-12(2,3)9-13-11(8-14-4)10-6-7-10/h10-11,13H,5-9H2,1-4H3. The first-order chi connectivity index (χ1) is 7.09. The quantitative estimate of drug-likeness (QED) is 0.670. The van der Waals surface area contributed by atoms with Crippen molar-refractivity contribution in [2.45, 2.75) is 45.3 Å². The van der Waals surface area contributed by atoms with Crippen molar-refractivity contribution in [1.29, 1.82) is 0 Å². The van der Waals surface area contributed by atoms with E-state index in [0.717, 1.165) is 25.7 Å². The predicted molar refractivity (Wildman–Crippen MR) is 62.1 cm³/mol. The number of methoxy groups -OCH3 is 1. The van der Waals surface area contributed by atoms with Crippen molar-refractivity contribution in [3.05, 3.63) is 0 Å². The van der Waals surface area contributed by atoms with Gasteiger partial charge in [-0.3, -0.25) is 0 Å². The van der Waals surface area contributed by atoms with Gasteiger partial charge in [-0.2, -0.15) is 0 Å². The van der Waals surface area contributed by atoms with Crippen molar-refractivity contribution in [1.82, 2.24) is 5.32 Å². The molecule has 1 saturated carbocycles. The van der Waals surface area contributed by atoms with Gasteiger partial charge >= 0.3 is 0 Å². The molecule has 0 bridgehead atoms. The zero-order valence-corrected chi connectivity index (χ0v) is 10.5. The molecule has 1 aliphatic carbocycles. The molecular weight excluding hydrogens is 190 g/mol. The fourth-order valence-electron chi connectivity index (χ4n) is 1.86. The largest absolute Gasteiger partial charge is 0.383 e. The Morgan fingerprint density at radius 1 is 1.40 bits per heavy atom. The van der Waals surface area contributed by atoms with E-state index in [-0.39, 0.29) is 5.60 Å². The van der Waals surface area contributed by atoms with Crippen molar-refractivity contribution in [2.24, 2.45) is 5.92 Å². The zero-order valence-electron chi connectivity index (χ0n) is 10.5. The van der Waals surface area contributed by atoms with Gasteiger partial charge in [-0.05, 0) is 39.5 Å². The Balaban J connectivity index is 2.25. The number of nitrogens with one attached hydrogen (secondary N) is 1. The van der Waals surface area contributed by atoms with Gasteiger partial charge in [0.1, 0.15) is 0 Å². The highest BCUT2D eigenvalue weighted by Gasteiger charge is 2.32.